The Hall–Kier alpha value is -2.01. The SMILES string of the molecule is Cc1cc(CNC(=O)CSc2ccccc2N)ccc1F. The van der Waals surface area contributed by atoms with Crippen LogP contribution in [0, 0.1) is 12.7 Å². The molecule has 3 nitrogen and oxygen atoms in total. The second kappa shape index (κ2) is 7.13. The van der Waals surface area contributed by atoms with Crippen LogP contribution in [0.3, 0.4) is 0 Å². The molecule has 0 fully saturated rings. The molecule has 2 aromatic rings. The van der Waals surface area contributed by atoms with Crippen LogP contribution in [0.5, 0.6) is 0 Å². The van der Waals surface area contributed by atoms with Gasteiger partial charge in [-0.25, -0.2) is 4.39 Å². The first-order valence-electron chi connectivity index (χ1n) is 6.55. The molecule has 110 valence electrons. The summed E-state index contributed by atoms with van der Waals surface area (Å²) < 4.78 is 13.1. The van der Waals surface area contributed by atoms with E-state index in [2.05, 4.69) is 5.32 Å². The van der Waals surface area contributed by atoms with E-state index in [1.807, 2.05) is 24.3 Å². The van der Waals surface area contributed by atoms with E-state index >= 15 is 0 Å². The summed E-state index contributed by atoms with van der Waals surface area (Å²) in [4.78, 5) is 12.7. The first-order chi connectivity index (χ1) is 10.1. The van der Waals surface area contributed by atoms with Crippen LogP contribution in [-0.4, -0.2) is 11.7 Å². The Morgan fingerprint density at radius 2 is 2.05 bits per heavy atom. The molecule has 3 N–H and O–H groups in total. The summed E-state index contributed by atoms with van der Waals surface area (Å²) in [6.07, 6.45) is 0. The summed E-state index contributed by atoms with van der Waals surface area (Å²) >= 11 is 1.40. The van der Waals surface area contributed by atoms with Crippen LogP contribution in [-0.2, 0) is 11.3 Å². The number of halogens is 1. The van der Waals surface area contributed by atoms with Gasteiger partial charge in [-0.1, -0.05) is 24.3 Å². The molecule has 1 amide bonds. The van der Waals surface area contributed by atoms with E-state index in [1.165, 1.54) is 17.8 Å². The number of nitrogens with two attached hydrogens (primary N) is 1. The maximum Gasteiger partial charge on any atom is 0.230 e. The van der Waals surface area contributed by atoms with Gasteiger partial charge in [-0.15, -0.1) is 11.8 Å². The number of benzene rings is 2. The molecule has 5 heteroatoms. The highest BCUT2D eigenvalue weighted by atomic mass is 32.2. The van der Waals surface area contributed by atoms with Gasteiger partial charge in [-0.05, 0) is 36.2 Å². The molecule has 2 rings (SSSR count). The Labute approximate surface area is 127 Å². The summed E-state index contributed by atoms with van der Waals surface area (Å²) in [5.41, 5.74) is 7.94. The largest absolute Gasteiger partial charge is 0.398 e. The van der Waals surface area contributed by atoms with E-state index in [0.29, 0.717) is 23.5 Å². The Balaban J connectivity index is 1.82. The second-order valence-corrected chi connectivity index (χ2v) is 5.70. The van der Waals surface area contributed by atoms with Crippen molar-refractivity contribution < 1.29 is 9.18 Å². The number of thioether (sulfide) groups is 1. The maximum absolute atomic E-state index is 13.1. The number of aryl methyl sites for hydroxylation is 1. The average molecular weight is 304 g/mol. The number of carbonyl (C=O) groups excluding carboxylic acids is 1. The average Bonchev–Trinajstić information content (AvgIpc) is 2.47. The van der Waals surface area contributed by atoms with Crippen molar-refractivity contribution in [1.29, 1.82) is 0 Å². The quantitative estimate of drug-likeness (QED) is 0.659. The Morgan fingerprint density at radius 1 is 1.29 bits per heavy atom. The molecule has 0 aliphatic heterocycles. The van der Waals surface area contributed by atoms with Crippen molar-refractivity contribution >= 4 is 23.4 Å². The topological polar surface area (TPSA) is 55.1 Å². The lowest BCUT2D eigenvalue weighted by molar-refractivity contribution is -0.118. The van der Waals surface area contributed by atoms with Gasteiger partial charge in [0.15, 0.2) is 0 Å². The molecule has 0 radical (unpaired) electrons. The number of hydrogen-bond donors (Lipinski definition) is 2. The number of anilines is 1. The van der Waals surface area contributed by atoms with E-state index in [9.17, 15) is 9.18 Å². The number of amides is 1. The smallest absolute Gasteiger partial charge is 0.230 e. The number of carbonyl (C=O) groups is 1. The zero-order valence-electron chi connectivity index (χ0n) is 11.7. The summed E-state index contributed by atoms with van der Waals surface area (Å²) in [5, 5.41) is 2.81. The fourth-order valence-electron chi connectivity index (χ4n) is 1.82. The zero-order valence-corrected chi connectivity index (χ0v) is 12.5. The third-order valence-corrected chi connectivity index (χ3v) is 4.08. The lowest BCUT2D eigenvalue weighted by Gasteiger charge is -2.07. The molecule has 0 spiro atoms. The normalized spacial score (nSPS) is 10.4. The third kappa shape index (κ3) is 4.49. The first kappa shape index (κ1) is 15.4. The molecule has 0 saturated heterocycles. The highest BCUT2D eigenvalue weighted by molar-refractivity contribution is 8.00. The molecule has 0 atom stereocenters. The van der Waals surface area contributed by atoms with Crippen LogP contribution in [0.4, 0.5) is 10.1 Å². The van der Waals surface area contributed by atoms with Crippen LogP contribution in [0.2, 0.25) is 0 Å². The van der Waals surface area contributed by atoms with Gasteiger partial charge < -0.3 is 11.1 Å². The second-order valence-electron chi connectivity index (χ2n) is 4.69. The minimum Gasteiger partial charge on any atom is -0.398 e. The molecule has 0 aliphatic carbocycles. The van der Waals surface area contributed by atoms with E-state index < -0.39 is 0 Å². The van der Waals surface area contributed by atoms with E-state index in [4.69, 9.17) is 5.73 Å². The third-order valence-electron chi connectivity index (χ3n) is 2.99. The van der Waals surface area contributed by atoms with Crippen molar-refractivity contribution in [3.63, 3.8) is 0 Å². The van der Waals surface area contributed by atoms with Crippen molar-refractivity contribution in [1.82, 2.24) is 5.32 Å². The van der Waals surface area contributed by atoms with Gasteiger partial charge in [0.1, 0.15) is 5.82 Å². The molecule has 0 saturated carbocycles. The Morgan fingerprint density at radius 3 is 2.76 bits per heavy atom. The van der Waals surface area contributed by atoms with E-state index in [0.717, 1.165) is 10.5 Å². The first-order valence-corrected chi connectivity index (χ1v) is 7.54. The van der Waals surface area contributed by atoms with Crippen LogP contribution < -0.4 is 11.1 Å². The van der Waals surface area contributed by atoms with Crippen molar-refractivity contribution in [2.75, 3.05) is 11.5 Å². The van der Waals surface area contributed by atoms with Crippen molar-refractivity contribution in [3.05, 3.63) is 59.4 Å². The molecule has 21 heavy (non-hydrogen) atoms. The molecule has 0 unspecified atom stereocenters. The van der Waals surface area contributed by atoms with Gasteiger partial charge >= 0.3 is 0 Å². The van der Waals surface area contributed by atoms with Crippen LogP contribution in [0.15, 0.2) is 47.4 Å². The molecule has 0 aliphatic rings. The van der Waals surface area contributed by atoms with E-state index in [-0.39, 0.29) is 11.7 Å². The van der Waals surface area contributed by atoms with Gasteiger partial charge in [0.25, 0.3) is 0 Å². The molecule has 0 bridgehead atoms. The number of nitrogens with one attached hydrogen (secondary N) is 1. The molecule has 2 aromatic carbocycles. The standard InChI is InChI=1S/C16H17FN2OS/c1-11-8-12(6-7-13(11)17)9-19-16(20)10-21-15-5-3-2-4-14(15)18/h2-8H,9-10,18H2,1H3,(H,19,20). The van der Waals surface area contributed by atoms with Gasteiger partial charge in [0, 0.05) is 17.1 Å². The lowest BCUT2D eigenvalue weighted by Crippen LogP contribution is -2.24. The summed E-state index contributed by atoms with van der Waals surface area (Å²) in [7, 11) is 0. The summed E-state index contributed by atoms with van der Waals surface area (Å²) in [5.74, 6) is -0.0144. The van der Waals surface area contributed by atoms with Gasteiger partial charge in [0.05, 0.1) is 5.75 Å². The number of nitrogen functional groups attached to an aromatic ring is 1. The minimum atomic E-state index is -0.236. The van der Waals surface area contributed by atoms with Crippen molar-refractivity contribution in [2.24, 2.45) is 0 Å². The predicted molar refractivity (Wildman–Crippen MR) is 84.6 cm³/mol. The Bertz CT molecular complexity index is 646. The summed E-state index contributed by atoms with van der Waals surface area (Å²) in [6.45, 7) is 2.10. The number of para-hydroxylation sites is 1. The number of hydrogen-bond acceptors (Lipinski definition) is 3. The highest BCUT2D eigenvalue weighted by Gasteiger charge is 2.05. The fourth-order valence-corrected chi connectivity index (χ4v) is 2.62. The highest BCUT2D eigenvalue weighted by Crippen LogP contribution is 2.23. The molecular weight excluding hydrogens is 287 g/mol. The van der Waals surface area contributed by atoms with Crippen LogP contribution in [0.25, 0.3) is 0 Å². The van der Waals surface area contributed by atoms with Crippen LogP contribution >= 0.6 is 11.8 Å². The maximum atomic E-state index is 13.1. The predicted octanol–water partition coefficient (Wildman–Crippen LogP) is 3.12. The molecule has 0 heterocycles. The lowest BCUT2D eigenvalue weighted by atomic mass is 10.1. The minimum absolute atomic E-state index is 0.0785. The van der Waals surface area contributed by atoms with Gasteiger partial charge in [0.2, 0.25) is 5.91 Å². The van der Waals surface area contributed by atoms with Crippen LogP contribution in [0.1, 0.15) is 11.1 Å². The summed E-state index contributed by atoms with van der Waals surface area (Å²) in [6, 6.07) is 12.3. The van der Waals surface area contributed by atoms with Crippen molar-refractivity contribution in [3.8, 4) is 0 Å². The molecule has 0 aromatic heterocycles. The van der Waals surface area contributed by atoms with Crippen molar-refractivity contribution in [2.45, 2.75) is 18.4 Å². The Kier molecular flexibility index (Phi) is 5.22. The monoisotopic (exact) mass is 304 g/mol. The van der Waals surface area contributed by atoms with Gasteiger partial charge in [-0.3, -0.25) is 4.79 Å². The molecular formula is C16H17FN2OS. The zero-order chi connectivity index (χ0) is 15.2. The number of rotatable bonds is 5. The van der Waals surface area contributed by atoms with E-state index in [1.54, 1.807) is 19.1 Å². The van der Waals surface area contributed by atoms with Gasteiger partial charge in [-0.2, -0.15) is 0 Å². The fraction of sp³-hybridized carbons (Fsp3) is 0.188.